The largest absolute Gasteiger partial charge is 0.334 e. The van der Waals surface area contributed by atoms with Crippen molar-refractivity contribution >= 4 is 22.6 Å². The van der Waals surface area contributed by atoms with Gasteiger partial charge in [-0.2, -0.15) is 19.0 Å². The zero-order valence-electron chi connectivity index (χ0n) is 13.1. The van der Waals surface area contributed by atoms with Crippen molar-refractivity contribution in [2.45, 2.75) is 20.0 Å². The maximum absolute atomic E-state index is 12.8. The molecule has 0 fully saturated rings. The minimum atomic E-state index is -2.70. The van der Waals surface area contributed by atoms with Crippen molar-refractivity contribution in [3.8, 4) is 0 Å². The molecule has 7 nitrogen and oxygen atoms in total. The Labute approximate surface area is 136 Å². The molecule has 9 heteroatoms. The van der Waals surface area contributed by atoms with Gasteiger partial charge in [-0.25, -0.2) is 9.48 Å². The van der Waals surface area contributed by atoms with Gasteiger partial charge < -0.3 is 10.6 Å². The molecule has 2 heterocycles. The minimum absolute atomic E-state index is 0.307. The molecule has 3 aromatic rings. The maximum Gasteiger partial charge on any atom is 0.333 e. The van der Waals surface area contributed by atoms with Crippen LogP contribution in [0.2, 0.25) is 0 Å². The van der Waals surface area contributed by atoms with Crippen molar-refractivity contribution in [1.29, 1.82) is 0 Å². The molecular weight excluding hydrogens is 318 g/mol. The fraction of sp³-hybridized carbons (Fsp3) is 0.267. The van der Waals surface area contributed by atoms with Gasteiger partial charge in [-0.3, -0.25) is 4.68 Å². The third kappa shape index (κ3) is 3.05. The number of aromatic nitrogens is 4. The van der Waals surface area contributed by atoms with Crippen molar-refractivity contribution in [2.24, 2.45) is 7.05 Å². The molecule has 0 radical (unpaired) electrons. The van der Waals surface area contributed by atoms with Crippen LogP contribution in [-0.2, 0) is 13.6 Å². The number of anilines is 1. The molecule has 0 saturated heterocycles. The van der Waals surface area contributed by atoms with Gasteiger partial charge in [0.25, 0.3) is 0 Å². The number of amides is 2. The van der Waals surface area contributed by atoms with E-state index in [0.717, 1.165) is 11.3 Å². The SMILES string of the molecule is Cc1c(CNC(=O)Nc2ccc3c(cnn3C(F)F)c2)cnn1C. The van der Waals surface area contributed by atoms with E-state index in [4.69, 9.17) is 0 Å². The van der Waals surface area contributed by atoms with E-state index in [1.54, 1.807) is 23.0 Å². The van der Waals surface area contributed by atoms with E-state index in [-0.39, 0.29) is 6.03 Å². The number of benzene rings is 1. The summed E-state index contributed by atoms with van der Waals surface area (Å²) in [6.07, 6.45) is 3.03. The quantitative estimate of drug-likeness (QED) is 0.770. The monoisotopic (exact) mass is 334 g/mol. The first-order valence-corrected chi connectivity index (χ1v) is 7.23. The smallest absolute Gasteiger partial charge is 0.333 e. The van der Waals surface area contributed by atoms with E-state index in [0.29, 0.717) is 27.8 Å². The van der Waals surface area contributed by atoms with Gasteiger partial charge >= 0.3 is 12.6 Å². The number of rotatable bonds is 4. The second-order valence-electron chi connectivity index (χ2n) is 5.33. The van der Waals surface area contributed by atoms with Crippen LogP contribution >= 0.6 is 0 Å². The maximum atomic E-state index is 12.8. The fourth-order valence-electron chi connectivity index (χ4n) is 2.35. The van der Waals surface area contributed by atoms with Gasteiger partial charge in [-0.05, 0) is 25.1 Å². The summed E-state index contributed by atoms with van der Waals surface area (Å²) in [5.41, 5.74) is 2.69. The highest BCUT2D eigenvalue weighted by atomic mass is 19.3. The lowest BCUT2D eigenvalue weighted by atomic mass is 10.2. The van der Waals surface area contributed by atoms with Gasteiger partial charge in [-0.1, -0.05) is 0 Å². The second kappa shape index (κ2) is 6.26. The average Bonchev–Trinajstić information content (AvgIpc) is 3.10. The molecule has 1 aromatic carbocycles. The van der Waals surface area contributed by atoms with Crippen LogP contribution in [0.4, 0.5) is 19.3 Å². The number of carbonyl (C=O) groups excluding carboxylic acids is 1. The molecule has 0 saturated carbocycles. The summed E-state index contributed by atoms with van der Waals surface area (Å²) in [7, 11) is 1.83. The highest BCUT2D eigenvalue weighted by Crippen LogP contribution is 2.22. The van der Waals surface area contributed by atoms with Crippen molar-refractivity contribution in [3.05, 3.63) is 41.9 Å². The molecule has 24 heavy (non-hydrogen) atoms. The molecule has 0 aliphatic rings. The summed E-state index contributed by atoms with van der Waals surface area (Å²) in [4.78, 5) is 12.0. The molecule has 3 rings (SSSR count). The summed E-state index contributed by atoms with van der Waals surface area (Å²) >= 11 is 0. The normalized spacial score (nSPS) is 11.2. The number of fused-ring (bicyclic) bond motifs is 1. The molecule has 0 aliphatic carbocycles. The predicted molar refractivity (Wildman–Crippen MR) is 84.8 cm³/mol. The summed E-state index contributed by atoms with van der Waals surface area (Å²) in [6.45, 7) is -0.444. The minimum Gasteiger partial charge on any atom is -0.334 e. The van der Waals surface area contributed by atoms with Crippen LogP contribution in [0.1, 0.15) is 17.8 Å². The number of alkyl halides is 2. The van der Waals surface area contributed by atoms with Crippen LogP contribution in [0, 0.1) is 6.92 Å². The Morgan fingerprint density at radius 2 is 2.08 bits per heavy atom. The van der Waals surface area contributed by atoms with Crippen LogP contribution < -0.4 is 10.6 Å². The Morgan fingerprint density at radius 3 is 2.75 bits per heavy atom. The predicted octanol–water partition coefficient (Wildman–Crippen LogP) is 2.80. The first-order valence-electron chi connectivity index (χ1n) is 7.23. The molecule has 2 aromatic heterocycles. The summed E-state index contributed by atoms with van der Waals surface area (Å²) < 4.78 is 27.9. The second-order valence-corrected chi connectivity index (χ2v) is 5.33. The van der Waals surface area contributed by atoms with Gasteiger partial charge in [0.2, 0.25) is 0 Å². The Morgan fingerprint density at radius 1 is 1.29 bits per heavy atom. The van der Waals surface area contributed by atoms with Crippen molar-refractivity contribution in [1.82, 2.24) is 24.9 Å². The zero-order chi connectivity index (χ0) is 17.3. The highest BCUT2D eigenvalue weighted by Gasteiger charge is 2.12. The van der Waals surface area contributed by atoms with Gasteiger partial charge in [0.1, 0.15) is 0 Å². The van der Waals surface area contributed by atoms with E-state index in [1.807, 2.05) is 14.0 Å². The third-order valence-electron chi connectivity index (χ3n) is 3.81. The lowest BCUT2D eigenvalue weighted by molar-refractivity contribution is 0.0615. The standard InChI is InChI=1S/C15H16F2N6O/c1-9-11(8-19-22(9)2)6-18-15(24)21-12-3-4-13-10(5-12)7-20-23(13)14(16)17/h3-5,7-8,14H,6H2,1-2H3,(H2,18,21,24). The topological polar surface area (TPSA) is 76.8 Å². The molecular formula is C15H16F2N6O. The Balaban J connectivity index is 1.66. The first kappa shape index (κ1) is 15.9. The van der Waals surface area contributed by atoms with Crippen molar-refractivity contribution in [3.63, 3.8) is 0 Å². The number of carbonyl (C=O) groups is 1. The Hall–Kier alpha value is -2.97. The van der Waals surface area contributed by atoms with Gasteiger partial charge in [-0.15, -0.1) is 0 Å². The fourth-order valence-corrected chi connectivity index (χ4v) is 2.35. The van der Waals surface area contributed by atoms with E-state index >= 15 is 0 Å². The summed E-state index contributed by atoms with van der Waals surface area (Å²) in [5.74, 6) is 0. The molecule has 0 aliphatic heterocycles. The number of nitrogens with zero attached hydrogens (tertiary/aromatic N) is 4. The van der Waals surface area contributed by atoms with E-state index < -0.39 is 6.55 Å². The van der Waals surface area contributed by atoms with Gasteiger partial charge in [0, 0.05) is 35.9 Å². The Bertz CT molecular complexity index is 885. The van der Waals surface area contributed by atoms with E-state index in [2.05, 4.69) is 20.8 Å². The van der Waals surface area contributed by atoms with Crippen LogP contribution in [0.5, 0.6) is 0 Å². The van der Waals surface area contributed by atoms with Crippen LogP contribution in [0.3, 0.4) is 0 Å². The number of urea groups is 1. The lowest BCUT2D eigenvalue weighted by Gasteiger charge is -2.08. The van der Waals surface area contributed by atoms with Gasteiger partial charge in [0.05, 0.1) is 17.9 Å². The highest BCUT2D eigenvalue weighted by molar-refractivity contribution is 5.92. The Kier molecular flexibility index (Phi) is 4.15. The number of aryl methyl sites for hydroxylation is 1. The van der Waals surface area contributed by atoms with Gasteiger partial charge in [0.15, 0.2) is 0 Å². The van der Waals surface area contributed by atoms with Crippen molar-refractivity contribution < 1.29 is 13.6 Å². The number of nitrogens with one attached hydrogen (secondary N) is 2. The van der Waals surface area contributed by atoms with Crippen molar-refractivity contribution in [2.75, 3.05) is 5.32 Å². The number of hydrogen-bond donors (Lipinski definition) is 2. The van der Waals surface area contributed by atoms with E-state index in [1.165, 1.54) is 12.3 Å². The number of halogens is 2. The molecule has 0 spiro atoms. The van der Waals surface area contributed by atoms with Crippen LogP contribution in [-0.4, -0.2) is 25.6 Å². The number of hydrogen-bond acceptors (Lipinski definition) is 3. The average molecular weight is 334 g/mol. The van der Waals surface area contributed by atoms with Crippen LogP contribution in [0.25, 0.3) is 10.9 Å². The summed E-state index contributed by atoms with van der Waals surface area (Å²) in [6, 6.07) is 4.25. The molecule has 0 atom stereocenters. The molecule has 0 bridgehead atoms. The molecule has 0 unspecified atom stereocenters. The first-order chi connectivity index (χ1) is 11.5. The third-order valence-corrected chi connectivity index (χ3v) is 3.81. The zero-order valence-corrected chi connectivity index (χ0v) is 13.1. The summed E-state index contributed by atoms with van der Waals surface area (Å²) in [5, 5.41) is 13.7. The van der Waals surface area contributed by atoms with E-state index in [9.17, 15) is 13.6 Å². The lowest BCUT2D eigenvalue weighted by Crippen LogP contribution is -2.28. The van der Waals surface area contributed by atoms with Crippen LogP contribution in [0.15, 0.2) is 30.6 Å². The molecule has 2 N–H and O–H groups in total. The molecule has 126 valence electrons. The molecule has 2 amide bonds.